The van der Waals surface area contributed by atoms with Crippen LogP contribution in [0.1, 0.15) is 33.0 Å². The highest BCUT2D eigenvalue weighted by Gasteiger charge is 2.34. The van der Waals surface area contributed by atoms with Gasteiger partial charge >= 0.3 is 11.9 Å². The van der Waals surface area contributed by atoms with Gasteiger partial charge in [0.25, 0.3) is 5.91 Å². The van der Waals surface area contributed by atoms with Gasteiger partial charge in [-0.25, -0.2) is 4.98 Å². The van der Waals surface area contributed by atoms with Crippen molar-refractivity contribution in [3.05, 3.63) is 44.2 Å². The standard InChI is InChI=1S/C17H15F3N6O4S/c1-7-5-10(17(18,19)20)23-16-12(7)13(14(31-16)15(21)28)24-11(27)3-4-25-8(2)9(6-22-25)26(29)30/h5-6H,3-4H2,1-2H3,(H2,21,28)(H,24,27). The Morgan fingerprint density at radius 1 is 1.35 bits per heavy atom. The molecule has 3 N–H and O–H groups in total. The molecule has 0 fully saturated rings. The molecule has 0 saturated carbocycles. The number of hydrogen-bond donors (Lipinski definition) is 2. The van der Waals surface area contributed by atoms with Gasteiger partial charge in [0.05, 0.1) is 17.2 Å². The number of nitro groups is 1. The summed E-state index contributed by atoms with van der Waals surface area (Å²) in [5.74, 6) is -1.51. The second kappa shape index (κ2) is 7.94. The van der Waals surface area contributed by atoms with Crippen LogP contribution >= 0.6 is 11.3 Å². The molecule has 0 unspecified atom stereocenters. The number of amides is 2. The predicted octanol–water partition coefficient (Wildman–Crippen LogP) is 3.16. The van der Waals surface area contributed by atoms with Crippen molar-refractivity contribution in [2.24, 2.45) is 5.73 Å². The van der Waals surface area contributed by atoms with Crippen molar-refractivity contribution in [2.45, 2.75) is 33.0 Å². The molecule has 0 saturated heterocycles. The van der Waals surface area contributed by atoms with Gasteiger partial charge in [-0.2, -0.15) is 18.3 Å². The number of hydrogen-bond acceptors (Lipinski definition) is 7. The van der Waals surface area contributed by atoms with E-state index in [0.717, 1.165) is 12.3 Å². The highest BCUT2D eigenvalue weighted by Crippen LogP contribution is 2.39. The third-order valence-electron chi connectivity index (χ3n) is 4.46. The van der Waals surface area contributed by atoms with Crippen LogP contribution in [0.3, 0.4) is 0 Å². The van der Waals surface area contributed by atoms with Crippen LogP contribution in [0, 0.1) is 24.0 Å². The molecule has 0 aliphatic heterocycles. The summed E-state index contributed by atoms with van der Waals surface area (Å²) in [5.41, 5.74) is 4.43. The van der Waals surface area contributed by atoms with Gasteiger partial charge in [0, 0.05) is 11.8 Å². The number of carbonyl (C=O) groups excluding carboxylic acids is 2. The highest BCUT2D eigenvalue weighted by atomic mass is 32.1. The number of rotatable bonds is 6. The predicted molar refractivity (Wildman–Crippen MR) is 105 cm³/mol. The summed E-state index contributed by atoms with van der Waals surface area (Å²) in [4.78, 5) is 37.9. The van der Waals surface area contributed by atoms with Gasteiger partial charge in [0.2, 0.25) is 5.91 Å². The van der Waals surface area contributed by atoms with E-state index < -0.39 is 28.6 Å². The maximum Gasteiger partial charge on any atom is 0.433 e. The van der Waals surface area contributed by atoms with Crippen molar-refractivity contribution in [1.82, 2.24) is 14.8 Å². The molecule has 0 aliphatic carbocycles. The molecule has 3 aromatic heterocycles. The number of primary amides is 1. The van der Waals surface area contributed by atoms with E-state index in [0.29, 0.717) is 11.3 Å². The third-order valence-corrected chi connectivity index (χ3v) is 5.56. The molecule has 164 valence electrons. The minimum atomic E-state index is -4.68. The van der Waals surface area contributed by atoms with E-state index in [4.69, 9.17) is 5.73 Å². The maximum absolute atomic E-state index is 13.0. The van der Waals surface area contributed by atoms with E-state index in [-0.39, 0.29) is 50.7 Å². The zero-order valence-corrected chi connectivity index (χ0v) is 16.9. The molecular weight excluding hydrogens is 441 g/mol. The summed E-state index contributed by atoms with van der Waals surface area (Å²) in [6.45, 7) is 2.89. The first-order valence-corrected chi connectivity index (χ1v) is 9.49. The van der Waals surface area contributed by atoms with Crippen molar-refractivity contribution >= 4 is 44.7 Å². The Balaban J connectivity index is 1.89. The topological polar surface area (TPSA) is 146 Å². The number of fused-ring (bicyclic) bond motifs is 1. The zero-order valence-electron chi connectivity index (χ0n) is 16.1. The minimum Gasteiger partial charge on any atom is -0.365 e. The fourth-order valence-electron chi connectivity index (χ4n) is 2.97. The quantitative estimate of drug-likeness (QED) is 0.430. The third kappa shape index (κ3) is 4.33. The molecule has 2 amide bonds. The Hall–Kier alpha value is -3.55. The monoisotopic (exact) mass is 456 g/mol. The smallest absolute Gasteiger partial charge is 0.365 e. The van der Waals surface area contributed by atoms with E-state index >= 15 is 0 Å². The Labute approximate surface area is 176 Å². The van der Waals surface area contributed by atoms with Gasteiger partial charge < -0.3 is 11.1 Å². The number of alkyl halides is 3. The number of nitrogens with two attached hydrogens (primary N) is 1. The number of carbonyl (C=O) groups is 2. The van der Waals surface area contributed by atoms with Crippen LogP contribution < -0.4 is 11.1 Å². The number of pyridine rings is 1. The normalized spacial score (nSPS) is 11.6. The number of nitrogens with zero attached hydrogens (tertiary/aromatic N) is 4. The van der Waals surface area contributed by atoms with Crippen LogP contribution in [-0.2, 0) is 17.5 Å². The average molecular weight is 456 g/mol. The van der Waals surface area contributed by atoms with Crippen LogP contribution in [0.25, 0.3) is 10.2 Å². The number of aryl methyl sites for hydroxylation is 2. The lowest BCUT2D eigenvalue weighted by Crippen LogP contribution is -2.18. The second-order valence-corrected chi connectivity index (χ2v) is 7.57. The molecule has 3 rings (SSSR count). The first kappa shape index (κ1) is 22.1. The molecule has 0 aromatic carbocycles. The molecule has 0 radical (unpaired) electrons. The molecule has 10 nitrogen and oxygen atoms in total. The lowest BCUT2D eigenvalue weighted by atomic mass is 10.1. The Bertz CT molecular complexity index is 1220. The summed E-state index contributed by atoms with van der Waals surface area (Å²) >= 11 is 0.649. The van der Waals surface area contributed by atoms with E-state index in [1.807, 2.05) is 0 Å². The summed E-state index contributed by atoms with van der Waals surface area (Å²) < 4.78 is 40.4. The molecule has 3 aromatic rings. The molecule has 3 heterocycles. The summed E-state index contributed by atoms with van der Waals surface area (Å²) in [6.07, 6.45) is -3.77. The number of halogens is 3. The highest BCUT2D eigenvalue weighted by molar-refractivity contribution is 7.21. The van der Waals surface area contributed by atoms with Crippen LogP contribution in [0.2, 0.25) is 0 Å². The zero-order chi connectivity index (χ0) is 23.1. The fourth-order valence-corrected chi connectivity index (χ4v) is 4.03. The van der Waals surface area contributed by atoms with E-state index in [1.54, 1.807) is 0 Å². The second-order valence-electron chi connectivity index (χ2n) is 6.57. The van der Waals surface area contributed by atoms with Gasteiger partial charge in [0.15, 0.2) is 0 Å². The summed E-state index contributed by atoms with van der Waals surface area (Å²) in [6, 6.07) is 0.821. The largest absolute Gasteiger partial charge is 0.433 e. The van der Waals surface area contributed by atoms with Crippen LogP contribution in [0.4, 0.5) is 24.5 Å². The number of nitrogens with one attached hydrogen (secondary N) is 1. The number of aromatic nitrogens is 3. The van der Waals surface area contributed by atoms with Gasteiger partial charge in [-0.05, 0) is 25.5 Å². The SMILES string of the molecule is Cc1cc(C(F)(F)F)nc2sc(C(N)=O)c(NC(=O)CCn3ncc([N+](=O)[O-])c3C)c12. The number of thiophene rings is 1. The average Bonchev–Trinajstić information content (AvgIpc) is 3.20. The Morgan fingerprint density at radius 3 is 2.58 bits per heavy atom. The first-order valence-electron chi connectivity index (χ1n) is 8.68. The van der Waals surface area contributed by atoms with Crippen molar-refractivity contribution in [3.8, 4) is 0 Å². The van der Waals surface area contributed by atoms with Crippen molar-refractivity contribution in [1.29, 1.82) is 0 Å². The van der Waals surface area contributed by atoms with Gasteiger partial charge in [-0.15, -0.1) is 11.3 Å². The van der Waals surface area contributed by atoms with Crippen LogP contribution in [0.5, 0.6) is 0 Å². The van der Waals surface area contributed by atoms with Gasteiger partial charge in [-0.3, -0.25) is 24.4 Å². The fraction of sp³-hybridized carbons (Fsp3) is 0.294. The molecule has 0 bridgehead atoms. The molecular formula is C17H15F3N6O4S. The van der Waals surface area contributed by atoms with Crippen molar-refractivity contribution < 1.29 is 27.7 Å². The van der Waals surface area contributed by atoms with E-state index in [2.05, 4.69) is 15.4 Å². The first-order chi connectivity index (χ1) is 14.4. The van der Waals surface area contributed by atoms with E-state index in [1.165, 1.54) is 18.5 Å². The van der Waals surface area contributed by atoms with Crippen molar-refractivity contribution in [3.63, 3.8) is 0 Å². The van der Waals surface area contributed by atoms with Crippen molar-refractivity contribution in [2.75, 3.05) is 5.32 Å². The van der Waals surface area contributed by atoms with Gasteiger partial charge in [-0.1, -0.05) is 0 Å². The van der Waals surface area contributed by atoms with E-state index in [9.17, 15) is 32.9 Å². The summed E-state index contributed by atoms with van der Waals surface area (Å²) in [7, 11) is 0. The lowest BCUT2D eigenvalue weighted by Gasteiger charge is -2.10. The summed E-state index contributed by atoms with van der Waals surface area (Å²) in [5, 5.41) is 17.4. The van der Waals surface area contributed by atoms with Crippen LogP contribution in [-0.4, -0.2) is 31.5 Å². The Morgan fingerprint density at radius 2 is 2.03 bits per heavy atom. The molecule has 0 spiro atoms. The molecule has 31 heavy (non-hydrogen) atoms. The minimum absolute atomic E-state index is 0.00886. The molecule has 0 aliphatic rings. The van der Waals surface area contributed by atoms with Crippen LogP contribution in [0.15, 0.2) is 12.3 Å². The maximum atomic E-state index is 13.0. The molecule has 14 heteroatoms. The molecule has 0 atom stereocenters. The number of anilines is 1. The Kier molecular flexibility index (Phi) is 5.67. The lowest BCUT2D eigenvalue weighted by molar-refractivity contribution is -0.385. The van der Waals surface area contributed by atoms with Gasteiger partial charge in [0.1, 0.15) is 27.3 Å².